The Morgan fingerprint density at radius 2 is 1.96 bits per heavy atom. The number of nitrogens with zero attached hydrogens (tertiary/aromatic N) is 2. The number of rotatable bonds is 3. The Kier molecular flexibility index (Phi) is 4.26. The molecule has 1 unspecified atom stereocenters. The van der Waals surface area contributed by atoms with Crippen molar-refractivity contribution in [2.24, 2.45) is 0 Å². The topological polar surface area (TPSA) is 67.2 Å². The van der Waals surface area contributed by atoms with Gasteiger partial charge in [0.25, 0.3) is 5.91 Å². The zero-order valence-corrected chi connectivity index (χ0v) is 13.6. The van der Waals surface area contributed by atoms with Gasteiger partial charge in [0.15, 0.2) is 0 Å². The molecule has 3 rings (SSSR count). The Bertz CT molecular complexity index is 890. The highest BCUT2D eigenvalue weighted by Gasteiger charge is 2.17. The summed E-state index contributed by atoms with van der Waals surface area (Å²) in [6, 6.07) is 11.9. The van der Waals surface area contributed by atoms with E-state index in [1.54, 1.807) is 23.6 Å². The normalized spacial score (nSPS) is 12.3. The van der Waals surface area contributed by atoms with Crippen molar-refractivity contribution in [1.82, 2.24) is 9.55 Å². The van der Waals surface area contributed by atoms with Gasteiger partial charge in [0.1, 0.15) is 6.23 Å². The van der Waals surface area contributed by atoms with E-state index in [0.29, 0.717) is 21.1 Å². The van der Waals surface area contributed by atoms with Gasteiger partial charge < -0.3 is 5.11 Å². The van der Waals surface area contributed by atoms with Crippen molar-refractivity contribution in [2.75, 3.05) is 5.32 Å². The molecule has 7 heteroatoms. The van der Waals surface area contributed by atoms with Crippen molar-refractivity contribution >= 4 is 46.1 Å². The maximum atomic E-state index is 12.4. The SMILES string of the molecule is CC(O)n1c(NC(=O)c2ccc(Cl)c(Cl)c2)nc2ccccc21. The van der Waals surface area contributed by atoms with E-state index < -0.39 is 6.23 Å². The third kappa shape index (κ3) is 3.03. The predicted molar refractivity (Wildman–Crippen MR) is 91.1 cm³/mol. The highest BCUT2D eigenvalue weighted by atomic mass is 35.5. The lowest BCUT2D eigenvalue weighted by Crippen LogP contribution is -2.17. The first-order valence-electron chi connectivity index (χ1n) is 6.89. The minimum Gasteiger partial charge on any atom is -0.373 e. The fourth-order valence-corrected chi connectivity index (χ4v) is 2.62. The fraction of sp³-hybridized carbons (Fsp3) is 0.125. The Balaban J connectivity index is 1.99. The molecule has 0 radical (unpaired) electrons. The number of amides is 1. The molecule has 2 aromatic carbocycles. The van der Waals surface area contributed by atoms with Crippen molar-refractivity contribution in [3.63, 3.8) is 0 Å². The summed E-state index contributed by atoms with van der Waals surface area (Å²) < 4.78 is 1.55. The number of nitrogens with one attached hydrogen (secondary N) is 1. The Labute approximate surface area is 142 Å². The molecule has 5 nitrogen and oxygen atoms in total. The molecular weight excluding hydrogens is 337 g/mol. The van der Waals surface area contributed by atoms with Gasteiger partial charge in [-0.15, -0.1) is 0 Å². The third-order valence-electron chi connectivity index (χ3n) is 3.38. The van der Waals surface area contributed by atoms with E-state index in [-0.39, 0.29) is 11.9 Å². The number of halogens is 2. The van der Waals surface area contributed by atoms with Gasteiger partial charge in [-0.25, -0.2) is 4.98 Å². The fourth-order valence-electron chi connectivity index (χ4n) is 2.32. The number of carbonyl (C=O) groups is 1. The smallest absolute Gasteiger partial charge is 0.258 e. The highest BCUT2D eigenvalue weighted by molar-refractivity contribution is 6.42. The molecule has 1 heterocycles. The van der Waals surface area contributed by atoms with Crippen LogP contribution < -0.4 is 5.32 Å². The van der Waals surface area contributed by atoms with Crippen molar-refractivity contribution < 1.29 is 9.90 Å². The molecule has 3 aromatic rings. The van der Waals surface area contributed by atoms with Gasteiger partial charge in [-0.05, 0) is 37.3 Å². The van der Waals surface area contributed by atoms with Crippen LogP contribution >= 0.6 is 23.2 Å². The lowest BCUT2D eigenvalue weighted by Gasteiger charge is -2.12. The molecule has 0 fully saturated rings. The Morgan fingerprint density at radius 1 is 1.22 bits per heavy atom. The Hall–Kier alpha value is -2.08. The Morgan fingerprint density at radius 3 is 2.65 bits per heavy atom. The molecule has 0 bridgehead atoms. The van der Waals surface area contributed by atoms with Crippen molar-refractivity contribution in [2.45, 2.75) is 13.2 Å². The van der Waals surface area contributed by atoms with Crippen LogP contribution in [0.15, 0.2) is 42.5 Å². The monoisotopic (exact) mass is 349 g/mol. The summed E-state index contributed by atoms with van der Waals surface area (Å²) >= 11 is 11.8. The van der Waals surface area contributed by atoms with Crippen LogP contribution in [0.3, 0.4) is 0 Å². The van der Waals surface area contributed by atoms with E-state index in [1.165, 1.54) is 6.07 Å². The number of aliphatic hydroxyl groups is 1. The highest BCUT2D eigenvalue weighted by Crippen LogP contribution is 2.25. The number of hydrogen-bond donors (Lipinski definition) is 2. The first kappa shape index (κ1) is 15.8. The second-order valence-electron chi connectivity index (χ2n) is 5.01. The van der Waals surface area contributed by atoms with Gasteiger partial charge in [-0.1, -0.05) is 35.3 Å². The number of hydrogen-bond acceptors (Lipinski definition) is 3. The number of benzene rings is 2. The van der Waals surface area contributed by atoms with Crippen LogP contribution in [-0.4, -0.2) is 20.6 Å². The number of aliphatic hydroxyl groups excluding tert-OH is 1. The van der Waals surface area contributed by atoms with E-state index in [9.17, 15) is 9.90 Å². The molecule has 23 heavy (non-hydrogen) atoms. The van der Waals surface area contributed by atoms with E-state index >= 15 is 0 Å². The molecule has 2 N–H and O–H groups in total. The quantitative estimate of drug-likeness (QED) is 0.747. The average Bonchev–Trinajstić information content (AvgIpc) is 2.87. The number of carbonyl (C=O) groups excluding carboxylic acids is 1. The molecule has 0 saturated heterocycles. The van der Waals surface area contributed by atoms with Crippen molar-refractivity contribution in [1.29, 1.82) is 0 Å². The first-order chi connectivity index (χ1) is 11.0. The molecule has 1 amide bonds. The molecule has 118 valence electrons. The molecule has 0 aliphatic rings. The molecular formula is C16H13Cl2N3O2. The number of para-hydroxylation sites is 2. The summed E-state index contributed by atoms with van der Waals surface area (Å²) in [6.07, 6.45) is -0.841. The lowest BCUT2D eigenvalue weighted by molar-refractivity contribution is 0.102. The molecule has 0 aliphatic carbocycles. The summed E-state index contributed by atoms with van der Waals surface area (Å²) in [5.74, 6) is -0.127. The zero-order valence-electron chi connectivity index (χ0n) is 12.1. The van der Waals surface area contributed by atoms with Gasteiger partial charge in [0.05, 0.1) is 21.1 Å². The second kappa shape index (κ2) is 6.20. The summed E-state index contributed by atoms with van der Waals surface area (Å²) in [5.41, 5.74) is 1.76. The van der Waals surface area contributed by atoms with E-state index in [2.05, 4.69) is 10.3 Å². The first-order valence-corrected chi connectivity index (χ1v) is 7.64. The average molecular weight is 350 g/mol. The maximum Gasteiger partial charge on any atom is 0.258 e. The number of anilines is 1. The van der Waals surface area contributed by atoms with Crippen LogP contribution in [0.25, 0.3) is 11.0 Å². The molecule has 0 aliphatic heterocycles. The predicted octanol–water partition coefficient (Wildman–Crippen LogP) is 4.11. The van der Waals surface area contributed by atoms with E-state index in [1.807, 2.05) is 24.3 Å². The van der Waals surface area contributed by atoms with Gasteiger partial charge >= 0.3 is 0 Å². The van der Waals surface area contributed by atoms with Crippen molar-refractivity contribution in [3.05, 3.63) is 58.1 Å². The minimum atomic E-state index is -0.841. The molecule has 1 aromatic heterocycles. The molecule has 1 atom stereocenters. The van der Waals surface area contributed by atoms with Crippen LogP contribution in [0.4, 0.5) is 5.95 Å². The van der Waals surface area contributed by atoms with Crippen LogP contribution in [0.2, 0.25) is 10.0 Å². The van der Waals surface area contributed by atoms with Crippen LogP contribution in [0.1, 0.15) is 23.5 Å². The lowest BCUT2D eigenvalue weighted by atomic mass is 10.2. The van der Waals surface area contributed by atoms with Gasteiger partial charge in [0.2, 0.25) is 5.95 Å². The van der Waals surface area contributed by atoms with Gasteiger partial charge in [0, 0.05) is 5.56 Å². The minimum absolute atomic E-state index is 0.261. The van der Waals surface area contributed by atoms with Gasteiger partial charge in [-0.3, -0.25) is 14.7 Å². The molecule has 0 spiro atoms. The van der Waals surface area contributed by atoms with Crippen LogP contribution in [-0.2, 0) is 0 Å². The summed E-state index contributed by atoms with van der Waals surface area (Å²) in [7, 11) is 0. The number of fused-ring (bicyclic) bond motifs is 1. The van der Waals surface area contributed by atoms with Gasteiger partial charge in [-0.2, -0.15) is 0 Å². The largest absolute Gasteiger partial charge is 0.373 e. The zero-order chi connectivity index (χ0) is 16.6. The molecule has 0 saturated carbocycles. The summed E-state index contributed by atoms with van der Waals surface area (Å²) in [5, 5.41) is 13.4. The second-order valence-corrected chi connectivity index (χ2v) is 5.82. The number of aromatic nitrogens is 2. The van der Waals surface area contributed by atoms with Crippen LogP contribution in [0.5, 0.6) is 0 Å². The van der Waals surface area contributed by atoms with Crippen molar-refractivity contribution in [3.8, 4) is 0 Å². The summed E-state index contributed by atoms with van der Waals surface area (Å²) in [4.78, 5) is 16.7. The van der Waals surface area contributed by atoms with E-state index in [0.717, 1.165) is 5.52 Å². The number of imidazole rings is 1. The van der Waals surface area contributed by atoms with Crippen LogP contribution in [0, 0.1) is 0 Å². The standard InChI is InChI=1S/C16H13Cl2N3O2/c1-9(22)21-14-5-3-2-4-13(14)19-16(21)20-15(23)10-6-7-11(17)12(18)8-10/h2-9,22H,1H3,(H,19,20,23). The van der Waals surface area contributed by atoms with E-state index in [4.69, 9.17) is 23.2 Å². The summed E-state index contributed by atoms with van der Waals surface area (Å²) in [6.45, 7) is 1.60. The maximum absolute atomic E-state index is 12.4. The third-order valence-corrected chi connectivity index (χ3v) is 4.12.